The van der Waals surface area contributed by atoms with Gasteiger partial charge in [-0.1, -0.05) is 67.4 Å². The molecule has 2 aliphatic rings. The molecule has 3 aromatic carbocycles. The van der Waals surface area contributed by atoms with Crippen LogP contribution in [0.1, 0.15) is 71.5 Å². The van der Waals surface area contributed by atoms with Crippen LogP contribution in [0.25, 0.3) is 11.1 Å². The van der Waals surface area contributed by atoms with E-state index in [4.69, 9.17) is 38.4 Å². The second-order valence-corrected chi connectivity index (χ2v) is 14.4. The van der Waals surface area contributed by atoms with Crippen molar-refractivity contribution in [2.75, 3.05) is 26.0 Å². The third-order valence-electron chi connectivity index (χ3n) is 9.60. The number of nitrogens with two attached hydrogens (primary N) is 1. The Balaban J connectivity index is 1.20. The fourth-order valence-electron chi connectivity index (χ4n) is 7.02. The number of carbonyl (C=O) groups excluding carboxylic acids is 2. The standard InChI is InChI=1S/C38H44Cl2N6O4/c1-21(2)16-29(36(41)47)42-19-22-17-27(39)34(18-33(22)49-5)50-32-13-12-24-23(8-6-9-25(24)32)26-10-7-11-28(35(26)40)44-38(48)37-43-30-20-45(3)15-14-31(30)46(37)4/h6-11,17-18,21,29,32,42H,12-16,19-20H2,1-5H3,(H2,41,47)(H,44,48). The van der Waals surface area contributed by atoms with Gasteiger partial charge in [0.25, 0.3) is 5.91 Å². The normalized spacial score (nSPS) is 16.2. The molecule has 10 nitrogen and oxygen atoms in total. The van der Waals surface area contributed by atoms with E-state index in [0.717, 1.165) is 71.6 Å². The number of nitrogens with zero attached hydrogens (tertiary/aromatic N) is 3. The van der Waals surface area contributed by atoms with Crippen molar-refractivity contribution in [3.05, 3.63) is 92.5 Å². The number of anilines is 1. The van der Waals surface area contributed by atoms with Gasteiger partial charge < -0.3 is 35.3 Å². The van der Waals surface area contributed by atoms with Crippen LogP contribution in [0.2, 0.25) is 10.0 Å². The number of methoxy groups -OCH3 is 1. The van der Waals surface area contributed by atoms with Gasteiger partial charge in [0.1, 0.15) is 17.6 Å². The third kappa shape index (κ3) is 7.35. The molecule has 0 saturated carbocycles. The summed E-state index contributed by atoms with van der Waals surface area (Å²) in [7, 11) is 5.54. The Morgan fingerprint density at radius 3 is 2.56 bits per heavy atom. The molecule has 12 heteroatoms. The van der Waals surface area contributed by atoms with Crippen molar-refractivity contribution in [1.29, 1.82) is 0 Å². The number of ether oxygens (including phenoxy) is 2. The number of rotatable bonds is 12. The molecule has 2 amide bonds. The quantitative estimate of drug-likeness (QED) is 0.149. The summed E-state index contributed by atoms with van der Waals surface area (Å²) in [6.07, 6.45) is 2.76. The maximum atomic E-state index is 13.4. The lowest BCUT2D eigenvalue weighted by atomic mass is 9.96. The fourth-order valence-corrected chi connectivity index (χ4v) is 7.53. The minimum Gasteiger partial charge on any atom is -0.496 e. The molecule has 6 rings (SSSR count). The van der Waals surface area contributed by atoms with Crippen molar-refractivity contribution < 1.29 is 19.1 Å². The number of fused-ring (bicyclic) bond motifs is 2. The average molecular weight is 720 g/mol. The maximum absolute atomic E-state index is 13.4. The number of hydrogen-bond acceptors (Lipinski definition) is 7. The van der Waals surface area contributed by atoms with Crippen LogP contribution in [-0.2, 0) is 37.8 Å². The highest BCUT2D eigenvalue weighted by Gasteiger charge is 2.29. The van der Waals surface area contributed by atoms with Crippen LogP contribution in [0.15, 0.2) is 48.5 Å². The van der Waals surface area contributed by atoms with Gasteiger partial charge in [-0.05, 0) is 61.1 Å². The molecule has 4 aromatic rings. The molecule has 0 fully saturated rings. The van der Waals surface area contributed by atoms with E-state index in [1.165, 1.54) is 0 Å². The summed E-state index contributed by atoms with van der Waals surface area (Å²) in [5, 5.41) is 7.16. The number of amides is 2. The van der Waals surface area contributed by atoms with Gasteiger partial charge in [0.2, 0.25) is 5.91 Å². The molecule has 1 aliphatic heterocycles. The molecule has 1 aliphatic carbocycles. The minimum absolute atomic E-state index is 0.239. The lowest BCUT2D eigenvalue weighted by Crippen LogP contribution is -2.41. The van der Waals surface area contributed by atoms with Gasteiger partial charge in [-0.3, -0.25) is 9.59 Å². The van der Waals surface area contributed by atoms with Crippen molar-refractivity contribution in [3.8, 4) is 22.6 Å². The van der Waals surface area contributed by atoms with Crippen LogP contribution < -0.4 is 25.8 Å². The molecular weight excluding hydrogens is 675 g/mol. The Bertz CT molecular complexity index is 1930. The number of hydrogen-bond donors (Lipinski definition) is 3. The highest BCUT2D eigenvalue weighted by molar-refractivity contribution is 6.36. The van der Waals surface area contributed by atoms with E-state index in [0.29, 0.717) is 51.9 Å². The van der Waals surface area contributed by atoms with E-state index in [1.807, 2.05) is 55.8 Å². The van der Waals surface area contributed by atoms with Crippen molar-refractivity contribution in [1.82, 2.24) is 19.8 Å². The summed E-state index contributed by atoms with van der Waals surface area (Å²) in [4.78, 5) is 32.3. The second-order valence-electron chi connectivity index (χ2n) is 13.6. The van der Waals surface area contributed by atoms with Crippen LogP contribution in [0.4, 0.5) is 5.69 Å². The zero-order valence-corrected chi connectivity index (χ0v) is 30.6. The molecular formula is C38H44Cl2N6O4. The second kappa shape index (κ2) is 15.0. The summed E-state index contributed by atoms with van der Waals surface area (Å²) in [6, 6.07) is 14.9. The predicted molar refractivity (Wildman–Crippen MR) is 197 cm³/mol. The van der Waals surface area contributed by atoms with E-state index >= 15 is 0 Å². The predicted octanol–water partition coefficient (Wildman–Crippen LogP) is 6.70. The number of carbonyl (C=O) groups is 2. The molecule has 2 atom stereocenters. The Hall–Kier alpha value is -4.09. The highest BCUT2D eigenvalue weighted by Crippen LogP contribution is 2.45. The van der Waals surface area contributed by atoms with Gasteiger partial charge in [0.15, 0.2) is 5.82 Å². The molecule has 2 heterocycles. The van der Waals surface area contributed by atoms with Crippen LogP contribution in [-0.4, -0.2) is 53.0 Å². The lowest BCUT2D eigenvalue weighted by molar-refractivity contribution is -0.120. The third-order valence-corrected chi connectivity index (χ3v) is 10.3. The summed E-state index contributed by atoms with van der Waals surface area (Å²) in [5.74, 6) is 1.09. The smallest absolute Gasteiger partial charge is 0.291 e. The number of likely N-dealkylation sites (N-methyl/N-ethyl adjacent to an activating group) is 1. The first-order valence-corrected chi connectivity index (χ1v) is 17.7. The van der Waals surface area contributed by atoms with Crippen molar-refractivity contribution in [2.24, 2.45) is 18.7 Å². The summed E-state index contributed by atoms with van der Waals surface area (Å²) < 4.78 is 14.1. The van der Waals surface area contributed by atoms with Crippen LogP contribution >= 0.6 is 23.2 Å². The molecule has 1 aromatic heterocycles. The molecule has 0 bridgehead atoms. The Morgan fingerprint density at radius 1 is 1.06 bits per heavy atom. The van der Waals surface area contributed by atoms with E-state index < -0.39 is 11.9 Å². The van der Waals surface area contributed by atoms with Gasteiger partial charge in [0, 0.05) is 56.0 Å². The van der Waals surface area contributed by atoms with Crippen LogP contribution in [0.3, 0.4) is 0 Å². The first kappa shape index (κ1) is 35.7. The SMILES string of the molecule is COc1cc(OC2CCc3c(-c4cccc(NC(=O)c5nc6c(n5C)CCN(C)C6)c4Cl)cccc32)c(Cl)cc1CNC(CC(C)C)C(N)=O. The average Bonchev–Trinajstić information content (AvgIpc) is 3.64. The first-order valence-electron chi connectivity index (χ1n) is 17.0. The highest BCUT2D eigenvalue weighted by atomic mass is 35.5. The fraction of sp³-hybridized carbons (Fsp3) is 0.395. The van der Waals surface area contributed by atoms with E-state index in [2.05, 4.69) is 33.6 Å². The minimum atomic E-state index is -0.461. The largest absolute Gasteiger partial charge is 0.496 e. The number of imidazole rings is 1. The van der Waals surface area contributed by atoms with Crippen molar-refractivity contribution in [3.63, 3.8) is 0 Å². The van der Waals surface area contributed by atoms with Crippen LogP contribution in [0.5, 0.6) is 11.5 Å². The van der Waals surface area contributed by atoms with Gasteiger partial charge >= 0.3 is 0 Å². The summed E-state index contributed by atoms with van der Waals surface area (Å²) in [5.41, 5.74) is 13.0. The van der Waals surface area contributed by atoms with Crippen LogP contribution in [0, 0.1) is 5.92 Å². The number of primary amides is 1. The molecule has 4 N–H and O–H groups in total. The first-order chi connectivity index (χ1) is 23.9. The topological polar surface area (TPSA) is 124 Å². The van der Waals surface area contributed by atoms with Gasteiger partial charge in [-0.15, -0.1) is 0 Å². The Morgan fingerprint density at radius 2 is 1.82 bits per heavy atom. The maximum Gasteiger partial charge on any atom is 0.291 e. The number of aromatic nitrogens is 2. The Kier molecular flexibility index (Phi) is 10.7. The molecule has 264 valence electrons. The van der Waals surface area contributed by atoms with Gasteiger partial charge in [-0.25, -0.2) is 4.98 Å². The number of nitrogens with one attached hydrogen (secondary N) is 2. The van der Waals surface area contributed by atoms with E-state index in [1.54, 1.807) is 19.2 Å². The van der Waals surface area contributed by atoms with Crippen molar-refractivity contribution in [2.45, 2.75) is 64.8 Å². The molecule has 0 spiro atoms. The molecule has 0 saturated heterocycles. The molecule has 0 radical (unpaired) electrons. The zero-order valence-electron chi connectivity index (χ0n) is 29.1. The Labute approximate surface area is 303 Å². The van der Waals surface area contributed by atoms with E-state index in [9.17, 15) is 9.59 Å². The van der Waals surface area contributed by atoms with Gasteiger partial charge in [-0.2, -0.15) is 0 Å². The van der Waals surface area contributed by atoms with E-state index in [-0.39, 0.29) is 12.0 Å². The lowest BCUT2D eigenvalue weighted by Gasteiger charge is -2.21. The summed E-state index contributed by atoms with van der Waals surface area (Å²) >= 11 is 13.8. The van der Waals surface area contributed by atoms with Crippen molar-refractivity contribution >= 4 is 40.7 Å². The zero-order chi connectivity index (χ0) is 35.7. The monoisotopic (exact) mass is 718 g/mol. The number of benzene rings is 3. The summed E-state index contributed by atoms with van der Waals surface area (Å²) in [6.45, 7) is 6.10. The number of halogens is 2. The molecule has 50 heavy (non-hydrogen) atoms. The van der Waals surface area contributed by atoms with Gasteiger partial charge in [0.05, 0.1) is 34.6 Å². The molecule has 2 unspecified atom stereocenters.